The molecule has 1 N–H and O–H groups in total. The second-order valence-corrected chi connectivity index (χ2v) is 7.88. The Labute approximate surface area is 167 Å². The van der Waals surface area contributed by atoms with Gasteiger partial charge in [-0.2, -0.15) is 10.1 Å². The van der Waals surface area contributed by atoms with E-state index in [-0.39, 0.29) is 29.9 Å². The van der Waals surface area contributed by atoms with Crippen molar-refractivity contribution in [3.05, 3.63) is 58.9 Å². The summed E-state index contributed by atoms with van der Waals surface area (Å²) in [7, 11) is 0. The highest BCUT2D eigenvalue weighted by molar-refractivity contribution is 5.90. The zero-order valence-electron chi connectivity index (χ0n) is 16.8. The number of halogens is 2. The van der Waals surface area contributed by atoms with E-state index in [1.54, 1.807) is 13.1 Å². The Morgan fingerprint density at radius 3 is 2.72 bits per heavy atom. The van der Waals surface area contributed by atoms with Gasteiger partial charge in [0.15, 0.2) is 5.82 Å². The lowest BCUT2D eigenvalue weighted by Crippen LogP contribution is -2.18. The van der Waals surface area contributed by atoms with Gasteiger partial charge in [0, 0.05) is 29.4 Å². The van der Waals surface area contributed by atoms with E-state index in [9.17, 15) is 13.6 Å². The Morgan fingerprint density at radius 2 is 2.03 bits per heavy atom. The number of carbonyl (C=O) groups excluding carboxylic acids is 1. The van der Waals surface area contributed by atoms with Gasteiger partial charge in [0.2, 0.25) is 11.8 Å². The highest BCUT2D eigenvalue weighted by atomic mass is 19.1. The van der Waals surface area contributed by atoms with Crippen LogP contribution in [0, 0.1) is 18.6 Å². The Balaban J connectivity index is 1.66. The standard InChI is InChI=1S/C20H23F2N5O2/c1-12-10-23-27(11-13-9-14(21)5-6-15(13)22)18(12)24-16(28)7-8-17-25-19(26-29-17)20(2,3)4/h5-6,9-10H,7-8,11H2,1-4H3,(H,24,28). The van der Waals surface area contributed by atoms with Gasteiger partial charge in [-0.15, -0.1) is 0 Å². The van der Waals surface area contributed by atoms with Gasteiger partial charge in [0.05, 0.1) is 12.7 Å². The molecule has 2 aromatic heterocycles. The van der Waals surface area contributed by atoms with Crippen molar-refractivity contribution in [1.82, 2.24) is 19.9 Å². The van der Waals surface area contributed by atoms with Crippen LogP contribution in [0.15, 0.2) is 28.9 Å². The minimum absolute atomic E-state index is 0.00828. The van der Waals surface area contributed by atoms with Gasteiger partial charge in [0.1, 0.15) is 17.5 Å². The first kappa shape index (κ1) is 20.6. The third kappa shape index (κ3) is 5.04. The molecule has 154 valence electrons. The molecule has 0 aliphatic carbocycles. The average Bonchev–Trinajstić information content (AvgIpc) is 3.25. The highest BCUT2D eigenvalue weighted by Gasteiger charge is 2.21. The van der Waals surface area contributed by atoms with Crippen molar-refractivity contribution >= 4 is 11.7 Å². The molecule has 1 amide bonds. The maximum atomic E-state index is 13.9. The molecule has 3 rings (SSSR count). The summed E-state index contributed by atoms with van der Waals surface area (Å²) >= 11 is 0. The van der Waals surface area contributed by atoms with E-state index in [1.165, 1.54) is 4.68 Å². The number of hydrogen-bond donors (Lipinski definition) is 1. The van der Waals surface area contributed by atoms with E-state index >= 15 is 0 Å². The lowest BCUT2D eigenvalue weighted by Gasteiger charge is -2.11. The minimum atomic E-state index is -0.539. The predicted octanol–water partition coefficient (Wildman–Crippen LogP) is 3.77. The Morgan fingerprint density at radius 1 is 1.28 bits per heavy atom. The van der Waals surface area contributed by atoms with Crippen molar-refractivity contribution in [2.24, 2.45) is 0 Å². The molecule has 0 spiro atoms. The van der Waals surface area contributed by atoms with E-state index in [4.69, 9.17) is 4.52 Å². The van der Waals surface area contributed by atoms with Crippen LogP contribution in [0.25, 0.3) is 0 Å². The van der Waals surface area contributed by atoms with Gasteiger partial charge in [-0.25, -0.2) is 13.5 Å². The van der Waals surface area contributed by atoms with Gasteiger partial charge < -0.3 is 9.84 Å². The fraction of sp³-hybridized carbons (Fsp3) is 0.400. The lowest BCUT2D eigenvalue weighted by atomic mass is 9.96. The molecule has 0 bridgehead atoms. The predicted molar refractivity (Wildman–Crippen MR) is 102 cm³/mol. The third-order valence-electron chi connectivity index (χ3n) is 4.31. The molecule has 3 aromatic rings. The van der Waals surface area contributed by atoms with E-state index < -0.39 is 11.6 Å². The maximum Gasteiger partial charge on any atom is 0.227 e. The summed E-state index contributed by atoms with van der Waals surface area (Å²) in [6, 6.07) is 3.23. The average molecular weight is 403 g/mol. The molecule has 0 saturated carbocycles. The Hall–Kier alpha value is -3.10. The van der Waals surface area contributed by atoms with E-state index in [0.717, 1.165) is 18.2 Å². The summed E-state index contributed by atoms with van der Waals surface area (Å²) in [5.41, 5.74) is 0.618. The number of nitrogens with one attached hydrogen (secondary N) is 1. The highest BCUT2D eigenvalue weighted by Crippen LogP contribution is 2.20. The zero-order chi connectivity index (χ0) is 21.2. The van der Waals surface area contributed by atoms with Crippen LogP contribution < -0.4 is 5.32 Å². The van der Waals surface area contributed by atoms with Crippen molar-refractivity contribution in [2.45, 2.75) is 52.5 Å². The molecule has 0 atom stereocenters. The van der Waals surface area contributed by atoms with Crippen LogP contribution in [0.3, 0.4) is 0 Å². The third-order valence-corrected chi connectivity index (χ3v) is 4.31. The lowest BCUT2D eigenvalue weighted by molar-refractivity contribution is -0.116. The Bertz CT molecular complexity index is 1020. The van der Waals surface area contributed by atoms with Crippen LogP contribution in [0.1, 0.15) is 50.0 Å². The molecule has 0 aliphatic rings. The first-order valence-corrected chi connectivity index (χ1v) is 9.23. The topological polar surface area (TPSA) is 85.8 Å². The molecule has 0 saturated heterocycles. The summed E-state index contributed by atoms with van der Waals surface area (Å²) in [4.78, 5) is 16.7. The smallest absolute Gasteiger partial charge is 0.227 e. The number of nitrogens with zero attached hydrogens (tertiary/aromatic N) is 4. The second kappa shape index (κ2) is 8.10. The monoisotopic (exact) mass is 403 g/mol. The first-order valence-electron chi connectivity index (χ1n) is 9.23. The number of benzene rings is 1. The van der Waals surface area contributed by atoms with Crippen molar-refractivity contribution in [3.63, 3.8) is 0 Å². The summed E-state index contributed by atoms with van der Waals surface area (Å²) in [5, 5.41) is 10.9. The van der Waals surface area contributed by atoms with Crippen molar-refractivity contribution < 1.29 is 18.1 Å². The normalized spacial score (nSPS) is 11.7. The SMILES string of the molecule is Cc1cnn(Cc2cc(F)ccc2F)c1NC(=O)CCc1nc(C(C)(C)C)no1. The number of carbonyl (C=O) groups is 1. The summed E-state index contributed by atoms with van der Waals surface area (Å²) in [5.74, 6) is 0.0497. The largest absolute Gasteiger partial charge is 0.339 e. The van der Waals surface area contributed by atoms with E-state index in [2.05, 4.69) is 20.6 Å². The number of aromatic nitrogens is 4. The fourth-order valence-corrected chi connectivity index (χ4v) is 2.66. The van der Waals surface area contributed by atoms with Gasteiger partial charge in [-0.05, 0) is 25.1 Å². The quantitative estimate of drug-likeness (QED) is 0.677. The van der Waals surface area contributed by atoms with E-state index in [0.29, 0.717) is 29.5 Å². The minimum Gasteiger partial charge on any atom is -0.339 e. The van der Waals surface area contributed by atoms with Gasteiger partial charge in [-0.3, -0.25) is 4.79 Å². The van der Waals surface area contributed by atoms with Crippen molar-refractivity contribution in [3.8, 4) is 0 Å². The van der Waals surface area contributed by atoms with Crippen LogP contribution in [0.2, 0.25) is 0 Å². The molecule has 29 heavy (non-hydrogen) atoms. The molecular weight excluding hydrogens is 380 g/mol. The van der Waals surface area contributed by atoms with Crippen molar-refractivity contribution in [2.75, 3.05) is 5.32 Å². The van der Waals surface area contributed by atoms with Crippen LogP contribution in [0.5, 0.6) is 0 Å². The van der Waals surface area contributed by atoms with E-state index in [1.807, 2.05) is 20.8 Å². The molecule has 0 unspecified atom stereocenters. The number of aryl methyl sites for hydroxylation is 2. The number of anilines is 1. The van der Waals surface area contributed by atoms with Crippen LogP contribution in [-0.4, -0.2) is 25.8 Å². The molecule has 2 heterocycles. The van der Waals surface area contributed by atoms with Gasteiger partial charge >= 0.3 is 0 Å². The molecule has 1 aromatic carbocycles. The molecule has 9 heteroatoms. The van der Waals surface area contributed by atoms with Gasteiger partial charge in [0.25, 0.3) is 0 Å². The fourth-order valence-electron chi connectivity index (χ4n) is 2.66. The van der Waals surface area contributed by atoms with Crippen LogP contribution in [-0.2, 0) is 23.2 Å². The molecular formula is C20H23F2N5O2. The number of rotatable bonds is 6. The zero-order valence-corrected chi connectivity index (χ0v) is 16.8. The number of amides is 1. The molecule has 0 aliphatic heterocycles. The van der Waals surface area contributed by atoms with Crippen LogP contribution in [0.4, 0.5) is 14.6 Å². The van der Waals surface area contributed by atoms with Gasteiger partial charge in [-0.1, -0.05) is 25.9 Å². The van der Waals surface area contributed by atoms with Crippen molar-refractivity contribution in [1.29, 1.82) is 0 Å². The first-order chi connectivity index (χ1) is 13.6. The summed E-state index contributed by atoms with van der Waals surface area (Å²) in [6.07, 6.45) is 1.98. The molecule has 0 fully saturated rings. The summed E-state index contributed by atoms with van der Waals surface area (Å²) in [6.45, 7) is 7.68. The van der Waals surface area contributed by atoms with Crippen LogP contribution >= 0.6 is 0 Å². The maximum absolute atomic E-state index is 13.9. The molecule has 7 nitrogen and oxygen atoms in total. The second-order valence-electron chi connectivity index (χ2n) is 7.88. The molecule has 0 radical (unpaired) electrons. The number of hydrogen-bond acceptors (Lipinski definition) is 5. The summed E-state index contributed by atoms with van der Waals surface area (Å²) < 4.78 is 34.0. The Kier molecular flexibility index (Phi) is 5.76.